The van der Waals surface area contributed by atoms with Crippen molar-refractivity contribution in [2.24, 2.45) is 5.10 Å². The lowest BCUT2D eigenvalue weighted by atomic mass is 9.93. The zero-order valence-corrected chi connectivity index (χ0v) is 17.6. The van der Waals surface area contributed by atoms with Gasteiger partial charge in [-0.2, -0.15) is 5.10 Å². The fourth-order valence-electron chi connectivity index (χ4n) is 3.77. The van der Waals surface area contributed by atoms with Crippen LogP contribution in [0.1, 0.15) is 56.2 Å². The van der Waals surface area contributed by atoms with Gasteiger partial charge >= 0.3 is 0 Å². The molecule has 0 unspecified atom stereocenters. The number of nitrogens with zero attached hydrogens (tertiary/aromatic N) is 3. The van der Waals surface area contributed by atoms with E-state index in [-0.39, 0.29) is 11.8 Å². The number of carbonyl (C=O) groups excluding carboxylic acids is 2. The topological polar surface area (TPSA) is 87.8 Å². The molecule has 0 atom stereocenters. The maximum absolute atomic E-state index is 13.1. The van der Waals surface area contributed by atoms with Crippen molar-refractivity contribution in [2.45, 2.75) is 32.7 Å². The number of aryl methyl sites for hydroxylation is 1. The van der Waals surface area contributed by atoms with E-state index in [4.69, 9.17) is 4.42 Å². The van der Waals surface area contributed by atoms with Gasteiger partial charge in [0.2, 0.25) is 0 Å². The van der Waals surface area contributed by atoms with Crippen molar-refractivity contribution in [2.75, 3.05) is 7.05 Å². The lowest BCUT2D eigenvalue weighted by Gasteiger charge is -2.16. The zero-order chi connectivity index (χ0) is 21.8. The molecule has 1 aliphatic rings. The molecule has 4 rings (SSSR count). The second kappa shape index (κ2) is 8.95. The van der Waals surface area contributed by atoms with E-state index in [1.165, 1.54) is 0 Å². The molecule has 0 saturated carbocycles. The highest BCUT2D eigenvalue weighted by atomic mass is 16.4. The Bertz CT molecular complexity index is 1120. The third kappa shape index (κ3) is 4.40. The number of furan rings is 1. The van der Waals surface area contributed by atoms with Gasteiger partial charge in [-0.25, -0.2) is 5.43 Å². The molecule has 0 spiro atoms. The maximum Gasteiger partial charge on any atom is 0.289 e. The van der Waals surface area contributed by atoms with Gasteiger partial charge in [0, 0.05) is 49.1 Å². The van der Waals surface area contributed by atoms with Crippen LogP contribution >= 0.6 is 0 Å². The van der Waals surface area contributed by atoms with Gasteiger partial charge in [-0.15, -0.1) is 0 Å². The van der Waals surface area contributed by atoms with E-state index in [2.05, 4.69) is 15.5 Å². The van der Waals surface area contributed by atoms with Crippen LogP contribution in [-0.4, -0.2) is 34.5 Å². The average molecular weight is 416 g/mol. The summed E-state index contributed by atoms with van der Waals surface area (Å²) in [6.45, 7) is 2.37. The number of hydrogen-bond acceptors (Lipinski definition) is 5. The Balaban J connectivity index is 1.55. The second-order valence-electron chi connectivity index (χ2n) is 7.59. The Morgan fingerprint density at radius 1 is 1.13 bits per heavy atom. The first-order chi connectivity index (χ1) is 15.0. The molecule has 158 valence electrons. The van der Waals surface area contributed by atoms with Crippen LogP contribution in [0.15, 0.2) is 64.4 Å². The molecular weight excluding hydrogens is 392 g/mol. The summed E-state index contributed by atoms with van der Waals surface area (Å²) in [5.41, 5.74) is 6.47. The van der Waals surface area contributed by atoms with Crippen LogP contribution in [0.5, 0.6) is 0 Å². The van der Waals surface area contributed by atoms with Gasteiger partial charge < -0.3 is 9.32 Å². The van der Waals surface area contributed by atoms with Crippen LogP contribution < -0.4 is 5.43 Å². The molecular formula is C24H24N4O3. The number of nitrogens with one attached hydrogen (secondary N) is 1. The number of pyridine rings is 1. The van der Waals surface area contributed by atoms with Crippen LogP contribution in [0.2, 0.25) is 0 Å². The fraction of sp³-hybridized carbons (Fsp3) is 0.250. The Morgan fingerprint density at radius 2 is 1.87 bits per heavy atom. The number of hydrazone groups is 1. The molecule has 0 bridgehead atoms. The van der Waals surface area contributed by atoms with Crippen LogP contribution in [0.4, 0.5) is 0 Å². The van der Waals surface area contributed by atoms with Gasteiger partial charge in [0.15, 0.2) is 5.76 Å². The highest BCUT2D eigenvalue weighted by Gasteiger charge is 2.29. The van der Waals surface area contributed by atoms with E-state index in [0.717, 1.165) is 41.0 Å². The van der Waals surface area contributed by atoms with Crippen molar-refractivity contribution in [3.05, 3.63) is 88.6 Å². The summed E-state index contributed by atoms with van der Waals surface area (Å²) in [5, 5.41) is 4.36. The predicted octanol–water partition coefficient (Wildman–Crippen LogP) is 3.73. The molecule has 0 radical (unpaired) electrons. The van der Waals surface area contributed by atoms with Gasteiger partial charge in [-0.1, -0.05) is 30.3 Å². The standard InChI is InChI=1S/C24H24N4O3/c1-16-21-19(26-27-23(29)18-11-13-25-14-12-18)9-6-10-20(21)31-22(16)24(30)28(2)15-17-7-4-3-5-8-17/h3-5,7-8,11-14H,6,9-10,15H2,1-2H3,(H,27,29)/b26-19+. The smallest absolute Gasteiger partial charge is 0.289 e. The number of aromatic nitrogens is 1. The average Bonchev–Trinajstić information content (AvgIpc) is 3.15. The summed E-state index contributed by atoms with van der Waals surface area (Å²) in [6, 6.07) is 13.1. The summed E-state index contributed by atoms with van der Waals surface area (Å²) < 4.78 is 5.99. The Morgan fingerprint density at radius 3 is 2.61 bits per heavy atom. The number of hydrogen-bond donors (Lipinski definition) is 1. The van der Waals surface area contributed by atoms with Crippen molar-refractivity contribution in [1.82, 2.24) is 15.3 Å². The van der Waals surface area contributed by atoms with Crippen LogP contribution in [0.25, 0.3) is 0 Å². The minimum Gasteiger partial charge on any atom is -0.455 e. The zero-order valence-electron chi connectivity index (χ0n) is 17.6. The Hall–Kier alpha value is -3.74. The number of carbonyl (C=O) groups is 2. The van der Waals surface area contributed by atoms with E-state index < -0.39 is 0 Å². The van der Waals surface area contributed by atoms with E-state index in [9.17, 15) is 9.59 Å². The number of benzene rings is 1. The van der Waals surface area contributed by atoms with Gasteiger partial charge in [0.1, 0.15) is 5.76 Å². The first-order valence-corrected chi connectivity index (χ1v) is 10.2. The molecule has 1 aromatic carbocycles. The summed E-state index contributed by atoms with van der Waals surface area (Å²) in [6.07, 6.45) is 5.41. The summed E-state index contributed by atoms with van der Waals surface area (Å²) >= 11 is 0. The van der Waals surface area contributed by atoms with E-state index in [1.807, 2.05) is 37.3 Å². The molecule has 7 heteroatoms. The van der Waals surface area contributed by atoms with E-state index in [1.54, 1.807) is 36.5 Å². The van der Waals surface area contributed by atoms with Crippen LogP contribution in [0, 0.1) is 6.92 Å². The summed E-state index contributed by atoms with van der Waals surface area (Å²) in [4.78, 5) is 31.0. The maximum atomic E-state index is 13.1. The van der Waals surface area contributed by atoms with Crippen molar-refractivity contribution in [3.63, 3.8) is 0 Å². The number of rotatable bonds is 5. The molecule has 1 N–H and O–H groups in total. The first-order valence-electron chi connectivity index (χ1n) is 10.2. The number of fused-ring (bicyclic) bond motifs is 1. The second-order valence-corrected chi connectivity index (χ2v) is 7.59. The Kier molecular flexibility index (Phi) is 5.93. The highest BCUT2D eigenvalue weighted by molar-refractivity contribution is 6.07. The molecule has 2 heterocycles. The van der Waals surface area contributed by atoms with Crippen molar-refractivity contribution in [1.29, 1.82) is 0 Å². The minimum atomic E-state index is -0.304. The number of amides is 2. The van der Waals surface area contributed by atoms with Crippen LogP contribution in [-0.2, 0) is 13.0 Å². The lowest BCUT2D eigenvalue weighted by molar-refractivity contribution is 0.0750. The lowest BCUT2D eigenvalue weighted by Crippen LogP contribution is -2.26. The summed E-state index contributed by atoms with van der Waals surface area (Å²) in [5.74, 6) is 0.605. The third-order valence-electron chi connectivity index (χ3n) is 5.36. The predicted molar refractivity (Wildman–Crippen MR) is 117 cm³/mol. The van der Waals surface area contributed by atoms with Crippen molar-refractivity contribution >= 4 is 17.5 Å². The molecule has 2 aromatic heterocycles. The van der Waals surface area contributed by atoms with Gasteiger partial charge in [-0.3, -0.25) is 14.6 Å². The molecule has 0 aliphatic heterocycles. The minimum absolute atomic E-state index is 0.170. The molecule has 1 aliphatic carbocycles. The molecule has 0 fully saturated rings. The van der Waals surface area contributed by atoms with Gasteiger partial charge in [0.05, 0.1) is 5.71 Å². The monoisotopic (exact) mass is 416 g/mol. The third-order valence-corrected chi connectivity index (χ3v) is 5.36. The van der Waals surface area contributed by atoms with E-state index >= 15 is 0 Å². The molecule has 3 aromatic rings. The van der Waals surface area contributed by atoms with Crippen molar-refractivity contribution < 1.29 is 14.0 Å². The van der Waals surface area contributed by atoms with Gasteiger partial charge in [0.25, 0.3) is 11.8 Å². The molecule has 0 saturated heterocycles. The van der Waals surface area contributed by atoms with E-state index in [0.29, 0.717) is 24.3 Å². The van der Waals surface area contributed by atoms with Crippen molar-refractivity contribution in [3.8, 4) is 0 Å². The largest absolute Gasteiger partial charge is 0.455 e. The quantitative estimate of drug-likeness (QED) is 0.642. The molecule has 2 amide bonds. The molecule has 7 nitrogen and oxygen atoms in total. The van der Waals surface area contributed by atoms with Gasteiger partial charge in [-0.05, 0) is 37.5 Å². The summed E-state index contributed by atoms with van der Waals surface area (Å²) in [7, 11) is 1.76. The first kappa shape index (κ1) is 20.5. The fourth-order valence-corrected chi connectivity index (χ4v) is 3.77. The van der Waals surface area contributed by atoms with Crippen LogP contribution in [0.3, 0.4) is 0 Å². The molecule has 31 heavy (non-hydrogen) atoms. The Labute approximate surface area is 180 Å². The normalized spacial score (nSPS) is 14.2. The highest BCUT2D eigenvalue weighted by Crippen LogP contribution is 2.30. The SMILES string of the molecule is Cc1c(C(=O)N(C)Cc2ccccc2)oc2c1/C(=N/NC(=O)c1ccncc1)CCC2.